The molecule has 4 atom stereocenters. The summed E-state index contributed by atoms with van der Waals surface area (Å²) in [4.78, 5) is 46.7. The third-order valence-electron chi connectivity index (χ3n) is 7.89. The van der Waals surface area contributed by atoms with Crippen molar-refractivity contribution in [1.82, 2.24) is 35.1 Å². The number of urea groups is 1. The zero-order valence-corrected chi connectivity index (χ0v) is 23.3. The van der Waals surface area contributed by atoms with E-state index < -0.39 is 30.5 Å². The van der Waals surface area contributed by atoms with Crippen molar-refractivity contribution in [3.63, 3.8) is 0 Å². The number of hydrogen-bond donors (Lipinski definition) is 2. The second kappa shape index (κ2) is 11.9. The van der Waals surface area contributed by atoms with Crippen molar-refractivity contribution in [3.8, 4) is 11.8 Å². The Hall–Kier alpha value is -3.88. The van der Waals surface area contributed by atoms with E-state index in [0.29, 0.717) is 18.4 Å². The fourth-order valence-electron chi connectivity index (χ4n) is 5.90. The SMILES string of the molecule is CCOc1cnc(NC(=O)N(C)[C@H]2CN(c3nccc(OC(=O)NC4C[C@@H]5CN(C)C[C@@H]5C4)n3)CCC2(F)F)cn1. The largest absolute Gasteiger partial charge is 0.477 e. The van der Waals surface area contributed by atoms with Crippen LogP contribution >= 0.6 is 0 Å². The molecule has 2 saturated heterocycles. The highest BCUT2D eigenvalue weighted by molar-refractivity contribution is 5.88. The Balaban J connectivity index is 1.18. The molecule has 0 radical (unpaired) electrons. The second-order valence-corrected chi connectivity index (χ2v) is 10.8. The van der Waals surface area contributed by atoms with E-state index in [1.54, 1.807) is 11.8 Å². The van der Waals surface area contributed by atoms with Gasteiger partial charge in [-0.25, -0.2) is 33.3 Å². The molecule has 2 aromatic heterocycles. The van der Waals surface area contributed by atoms with Crippen molar-refractivity contribution in [2.45, 2.75) is 44.2 Å². The number of aromatic nitrogens is 4. The lowest BCUT2D eigenvalue weighted by molar-refractivity contribution is -0.0760. The summed E-state index contributed by atoms with van der Waals surface area (Å²) in [6.07, 6.45) is 4.72. The van der Waals surface area contributed by atoms with Crippen molar-refractivity contribution < 1.29 is 27.8 Å². The summed E-state index contributed by atoms with van der Waals surface area (Å²) in [5.41, 5.74) is 0. The van der Waals surface area contributed by atoms with Gasteiger partial charge in [-0.1, -0.05) is 0 Å². The van der Waals surface area contributed by atoms with Gasteiger partial charge < -0.3 is 29.5 Å². The maximum absolute atomic E-state index is 15.0. The lowest BCUT2D eigenvalue weighted by atomic mass is 10.00. The van der Waals surface area contributed by atoms with Crippen molar-refractivity contribution >= 4 is 23.9 Å². The molecule has 2 aromatic rings. The minimum atomic E-state index is -3.16. The van der Waals surface area contributed by atoms with Gasteiger partial charge in [0.1, 0.15) is 6.04 Å². The lowest BCUT2D eigenvalue weighted by Crippen LogP contribution is -2.60. The maximum atomic E-state index is 15.0. The van der Waals surface area contributed by atoms with Gasteiger partial charge in [-0.3, -0.25) is 5.32 Å². The van der Waals surface area contributed by atoms with Crippen LogP contribution in [0.15, 0.2) is 24.7 Å². The van der Waals surface area contributed by atoms with Crippen LogP contribution in [0.5, 0.6) is 11.8 Å². The molecule has 4 heterocycles. The molecule has 3 aliphatic rings. The molecule has 0 spiro atoms. The monoisotopic (exact) mass is 575 g/mol. The van der Waals surface area contributed by atoms with E-state index in [-0.39, 0.29) is 42.7 Å². The van der Waals surface area contributed by atoms with E-state index in [0.717, 1.165) is 30.8 Å². The molecule has 5 rings (SSSR count). The molecule has 13 nitrogen and oxygen atoms in total. The number of nitrogens with zero attached hydrogens (tertiary/aromatic N) is 7. The highest BCUT2D eigenvalue weighted by Gasteiger charge is 2.48. The van der Waals surface area contributed by atoms with E-state index in [1.807, 2.05) is 0 Å². The number of anilines is 2. The summed E-state index contributed by atoms with van der Waals surface area (Å²) in [7, 11) is 3.40. The number of nitrogens with one attached hydrogen (secondary N) is 2. The summed E-state index contributed by atoms with van der Waals surface area (Å²) >= 11 is 0. The Morgan fingerprint density at radius 3 is 2.56 bits per heavy atom. The van der Waals surface area contributed by atoms with Crippen LogP contribution in [0.2, 0.25) is 0 Å². The van der Waals surface area contributed by atoms with E-state index >= 15 is 0 Å². The van der Waals surface area contributed by atoms with Crippen LogP contribution in [0.25, 0.3) is 0 Å². The lowest BCUT2D eigenvalue weighted by Gasteiger charge is -2.42. The Morgan fingerprint density at radius 2 is 1.88 bits per heavy atom. The van der Waals surface area contributed by atoms with Crippen molar-refractivity contribution in [1.29, 1.82) is 0 Å². The molecule has 1 aliphatic carbocycles. The zero-order valence-electron chi connectivity index (χ0n) is 23.3. The van der Waals surface area contributed by atoms with E-state index in [1.165, 1.54) is 31.7 Å². The minimum absolute atomic E-state index is 0.0134. The van der Waals surface area contributed by atoms with Crippen LogP contribution in [-0.2, 0) is 0 Å². The number of fused-ring (bicyclic) bond motifs is 1. The molecular formula is C26H35F2N9O4. The normalized spacial score (nSPS) is 25.3. The highest BCUT2D eigenvalue weighted by atomic mass is 19.3. The van der Waals surface area contributed by atoms with Gasteiger partial charge in [0.15, 0.2) is 5.82 Å². The predicted molar refractivity (Wildman–Crippen MR) is 144 cm³/mol. The number of piperidine rings is 1. The molecule has 41 heavy (non-hydrogen) atoms. The quantitative estimate of drug-likeness (QED) is 0.506. The number of likely N-dealkylation sites (tertiary alicyclic amines) is 1. The third-order valence-corrected chi connectivity index (χ3v) is 7.89. The Labute approximate surface area is 236 Å². The first-order valence-electron chi connectivity index (χ1n) is 13.7. The average molecular weight is 576 g/mol. The smallest absolute Gasteiger partial charge is 0.414 e. The number of hydrogen-bond acceptors (Lipinski definition) is 10. The van der Waals surface area contributed by atoms with E-state index in [2.05, 4.69) is 42.5 Å². The Morgan fingerprint density at radius 1 is 1.12 bits per heavy atom. The summed E-state index contributed by atoms with van der Waals surface area (Å²) in [5, 5.41) is 5.41. The van der Waals surface area contributed by atoms with Crippen LogP contribution in [-0.4, -0.2) is 107 Å². The number of halogens is 2. The number of carbonyl (C=O) groups is 2. The van der Waals surface area contributed by atoms with Crippen molar-refractivity contribution in [3.05, 3.63) is 24.7 Å². The van der Waals surface area contributed by atoms with Gasteiger partial charge in [0, 0.05) is 58.0 Å². The van der Waals surface area contributed by atoms with Gasteiger partial charge in [0.25, 0.3) is 5.92 Å². The number of likely N-dealkylation sites (N-methyl/N-ethyl adjacent to an activating group) is 1. The van der Waals surface area contributed by atoms with Crippen molar-refractivity contribution in [2.75, 3.05) is 57.1 Å². The fraction of sp³-hybridized carbons (Fsp3) is 0.615. The molecule has 222 valence electrons. The van der Waals surface area contributed by atoms with Gasteiger partial charge in [0.05, 0.1) is 19.0 Å². The molecule has 3 amide bonds. The molecule has 0 aromatic carbocycles. The number of amides is 3. The van der Waals surface area contributed by atoms with Gasteiger partial charge >= 0.3 is 12.1 Å². The van der Waals surface area contributed by atoms with Crippen LogP contribution < -0.4 is 25.0 Å². The maximum Gasteiger partial charge on any atom is 0.414 e. The number of rotatable bonds is 7. The minimum Gasteiger partial charge on any atom is -0.477 e. The molecule has 2 aliphatic heterocycles. The van der Waals surface area contributed by atoms with Crippen LogP contribution in [0.3, 0.4) is 0 Å². The summed E-state index contributed by atoms with van der Waals surface area (Å²) in [6, 6.07) is -0.765. The average Bonchev–Trinajstić information content (AvgIpc) is 3.46. The molecular weight excluding hydrogens is 540 g/mol. The Bertz CT molecular complexity index is 1220. The van der Waals surface area contributed by atoms with E-state index in [4.69, 9.17) is 9.47 Å². The number of ether oxygens (including phenoxy) is 2. The summed E-state index contributed by atoms with van der Waals surface area (Å²) < 4.78 is 40.6. The van der Waals surface area contributed by atoms with Crippen LogP contribution in [0, 0.1) is 11.8 Å². The summed E-state index contributed by atoms with van der Waals surface area (Å²) in [5.74, 6) is -1.48. The predicted octanol–water partition coefficient (Wildman–Crippen LogP) is 2.47. The first-order valence-corrected chi connectivity index (χ1v) is 13.7. The highest BCUT2D eigenvalue weighted by Crippen LogP contribution is 2.37. The van der Waals surface area contributed by atoms with Gasteiger partial charge in [-0.2, -0.15) is 4.98 Å². The molecule has 15 heteroatoms. The zero-order chi connectivity index (χ0) is 29.1. The Kier molecular flexibility index (Phi) is 8.33. The first kappa shape index (κ1) is 28.6. The standard InChI is InChI=1S/C26H35F2N9O4/c1-4-40-22-12-30-20(11-31-22)33-24(38)36(3)19-15-37(8-6-26(19,27)28)23-29-7-5-21(34-23)41-25(39)32-18-9-16-13-35(2)14-17(16)10-18/h5,7,11-12,16-19H,4,6,8-10,13-15H2,1-3H3,(H,32,39)(H,30,33,38)/t16-,17+,18?,19-/m0/s1. The van der Waals surface area contributed by atoms with Crippen LogP contribution in [0.4, 0.5) is 30.1 Å². The van der Waals surface area contributed by atoms with Gasteiger partial charge in [-0.15, -0.1) is 0 Å². The first-order chi connectivity index (χ1) is 19.6. The summed E-state index contributed by atoms with van der Waals surface area (Å²) in [6.45, 7) is 4.00. The molecule has 2 N–H and O–H groups in total. The second-order valence-electron chi connectivity index (χ2n) is 10.8. The molecule has 0 bridgehead atoms. The van der Waals surface area contributed by atoms with Crippen LogP contribution in [0.1, 0.15) is 26.2 Å². The molecule has 3 fully saturated rings. The molecule has 1 unspecified atom stereocenters. The molecule has 1 saturated carbocycles. The third kappa shape index (κ3) is 6.72. The van der Waals surface area contributed by atoms with E-state index in [9.17, 15) is 18.4 Å². The fourth-order valence-corrected chi connectivity index (χ4v) is 5.90. The van der Waals surface area contributed by atoms with Gasteiger partial charge in [0.2, 0.25) is 17.7 Å². The van der Waals surface area contributed by atoms with Crippen molar-refractivity contribution in [2.24, 2.45) is 11.8 Å². The van der Waals surface area contributed by atoms with Gasteiger partial charge in [-0.05, 0) is 38.6 Å². The topological polar surface area (TPSA) is 138 Å². The number of carbonyl (C=O) groups excluding carboxylic acids is 2. The number of alkyl halides is 2.